The van der Waals surface area contributed by atoms with Crippen LogP contribution in [0.1, 0.15) is 51.9 Å². The van der Waals surface area contributed by atoms with Crippen molar-refractivity contribution < 1.29 is 0 Å². The molecule has 0 saturated heterocycles. The maximum absolute atomic E-state index is 2.57. The molecule has 0 radical (unpaired) electrons. The minimum absolute atomic E-state index is 1.04. The van der Waals surface area contributed by atoms with Gasteiger partial charge in [0.1, 0.15) is 0 Å². The number of unbranched alkanes of at least 4 members (excludes halogenated alkanes) is 2. The Kier molecular flexibility index (Phi) is 2.53. The first-order valence-corrected chi connectivity index (χ1v) is 5.61. The Morgan fingerprint density at radius 2 is 1.75 bits per heavy atom. The van der Waals surface area contributed by atoms with Crippen LogP contribution in [-0.4, -0.2) is 0 Å². The fourth-order valence-corrected chi connectivity index (χ4v) is 1.97. The average Bonchev–Trinajstić information content (AvgIpc) is 2.87. The predicted molar refractivity (Wildman–Crippen MR) is 53.1 cm³/mol. The van der Waals surface area contributed by atoms with E-state index in [1.165, 1.54) is 44.9 Å². The minimum atomic E-state index is 1.04. The molecular formula is C12H20. The number of rotatable bonds is 5. The molecule has 2 aliphatic carbocycles. The number of hydrogen-bond acceptors (Lipinski definition) is 0. The lowest BCUT2D eigenvalue weighted by molar-refractivity contribution is 0.781. The molecule has 2 aliphatic rings. The maximum atomic E-state index is 2.57. The van der Waals surface area contributed by atoms with Crippen LogP contribution in [0.15, 0.2) is 11.6 Å². The van der Waals surface area contributed by atoms with Crippen LogP contribution in [0.5, 0.6) is 0 Å². The molecule has 2 fully saturated rings. The van der Waals surface area contributed by atoms with Gasteiger partial charge in [-0.15, -0.1) is 0 Å². The summed E-state index contributed by atoms with van der Waals surface area (Å²) in [4.78, 5) is 0. The average molecular weight is 164 g/mol. The summed E-state index contributed by atoms with van der Waals surface area (Å²) in [6.07, 6.45) is 12.6. The van der Waals surface area contributed by atoms with Gasteiger partial charge in [0.05, 0.1) is 0 Å². The first kappa shape index (κ1) is 8.34. The first-order valence-electron chi connectivity index (χ1n) is 5.61. The molecule has 0 aromatic heterocycles. The van der Waals surface area contributed by atoms with Crippen molar-refractivity contribution in [2.45, 2.75) is 51.9 Å². The minimum Gasteiger partial charge on any atom is -0.0848 e. The largest absolute Gasteiger partial charge is 0.0848 e. The zero-order valence-electron chi connectivity index (χ0n) is 8.18. The fourth-order valence-electron chi connectivity index (χ4n) is 1.97. The van der Waals surface area contributed by atoms with E-state index in [4.69, 9.17) is 0 Å². The topological polar surface area (TPSA) is 0 Å². The summed E-state index contributed by atoms with van der Waals surface area (Å²) >= 11 is 0. The van der Waals surface area contributed by atoms with Gasteiger partial charge in [0, 0.05) is 0 Å². The summed E-state index contributed by atoms with van der Waals surface area (Å²) in [5, 5.41) is 0. The normalized spacial score (nSPS) is 22.4. The van der Waals surface area contributed by atoms with Crippen molar-refractivity contribution in [2.75, 3.05) is 0 Å². The smallest absolute Gasteiger partial charge is 0.0200 e. The molecule has 0 spiro atoms. The van der Waals surface area contributed by atoms with Crippen LogP contribution >= 0.6 is 0 Å². The molecule has 0 heterocycles. The van der Waals surface area contributed by atoms with Crippen LogP contribution in [0.3, 0.4) is 0 Å². The summed E-state index contributed by atoms with van der Waals surface area (Å²) in [5.74, 6) is 2.07. The summed E-state index contributed by atoms with van der Waals surface area (Å²) in [5.41, 5.74) is 1.85. The molecule has 2 saturated carbocycles. The molecule has 0 nitrogen and oxygen atoms in total. The zero-order chi connectivity index (χ0) is 8.39. The number of hydrogen-bond donors (Lipinski definition) is 0. The standard InChI is InChI=1S/C12H20/c1-2-3-4-5-12(10-6-7-10)11-8-9-11/h5,10-11H,2-4,6-9H2,1H3. The van der Waals surface area contributed by atoms with E-state index < -0.39 is 0 Å². The van der Waals surface area contributed by atoms with Gasteiger partial charge in [-0.05, 0) is 43.9 Å². The highest BCUT2D eigenvalue weighted by atomic mass is 14.4. The second-order valence-electron chi connectivity index (χ2n) is 4.39. The van der Waals surface area contributed by atoms with Crippen LogP contribution in [0, 0.1) is 11.8 Å². The van der Waals surface area contributed by atoms with Crippen molar-refractivity contribution in [1.82, 2.24) is 0 Å². The van der Waals surface area contributed by atoms with Crippen LogP contribution in [-0.2, 0) is 0 Å². The van der Waals surface area contributed by atoms with Crippen LogP contribution < -0.4 is 0 Å². The van der Waals surface area contributed by atoms with Gasteiger partial charge in [-0.3, -0.25) is 0 Å². The van der Waals surface area contributed by atoms with E-state index in [-0.39, 0.29) is 0 Å². The Morgan fingerprint density at radius 3 is 2.17 bits per heavy atom. The van der Waals surface area contributed by atoms with Gasteiger partial charge >= 0.3 is 0 Å². The molecule has 0 atom stereocenters. The van der Waals surface area contributed by atoms with Crippen LogP contribution in [0.2, 0.25) is 0 Å². The second-order valence-corrected chi connectivity index (χ2v) is 4.39. The lowest BCUT2D eigenvalue weighted by Gasteiger charge is -2.02. The molecule has 2 rings (SSSR count). The van der Waals surface area contributed by atoms with Crippen molar-refractivity contribution in [2.24, 2.45) is 11.8 Å². The highest BCUT2D eigenvalue weighted by Crippen LogP contribution is 2.48. The predicted octanol–water partition coefficient (Wildman–Crippen LogP) is 3.92. The van der Waals surface area contributed by atoms with Gasteiger partial charge in [-0.1, -0.05) is 31.4 Å². The SMILES string of the molecule is CCCCC=C(C1CC1)C1CC1. The van der Waals surface area contributed by atoms with E-state index in [0.717, 1.165) is 11.8 Å². The van der Waals surface area contributed by atoms with E-state index in [9.17, 15) is 0 Å². The van der Waals surface area contributed by atoms with Gasteiger partial charge in [-0.2, -0.15) is 0 Å². The molecule has 0 aromatic rings. The van der Waals surface area contributed by atoms with Gasteiger partial charge in [0.25, 0.3) is 0 Å². The quantitative estimate of drug-likeness (QED) is 0.426. The molecule has 0 heteroatoms. The molecule has 0 unspecified atom stereocenters. The third-order valence-electron chi connectivity index (χ3n) is 3.04. The Bertz CT molecular complexity index is 156. The van der Waals surface area contributed by atoms with Gasteiger partial charge in [0.2, 0.25) is 0 Å². The first-order chi connectivity index (χ1) is 5.92. The van der Waals surface area contributed by atoms with Crippen molar-refractivity contribution in [3.05, 3.63) is 11.6 Å². The molecule has 0 N–H and O–H groups in total. The lowest BCUT2D eigenvalue weighted by atomic mass is 10.0. The Labute approximate surface area is 76.1 Å². The molecule has 0 amide bonds. The summed E-state index contributed by atoms with van der Waals surface area (Å²) in [6.45, 7) is 2.28. The van der Waals surface area contributed by atoms with Crippen LogP contribution in [0.25, 0.3) is 0 Å². The Morgan fingerprint density at radius 1 is 1.17 bits per heavy atom. The van der Waals surface area contributed by atoms with Crippen molar-refractivity contribution in [3.63, 3.8) is 0 Å². The summed E-state index contributed by atoms with van der Waals surface area (Å²) < 4.78 is 0. The van der Waals surface area contributed by atoms with Crippen molar-refractivity contribution in [3.8, 4) is 0 Å². The molecule has 0 aromatic carbocycles. The van der Waals surface area contributed by atoms with Crippen LogP contribution in [0.4, 0.5) is 0 Å². The van der Waals surface area contributed by atoms with E-state index in [1.54, 1.807) is 0 Å². The monoisotopic (exact) mass is 164 g/mol. The maximum Gasteiger partial charge on any atom is -0.0200 e. The van der Waals surface area contributed by atoms with E-state index >= 15 is 0 Å². The van der Waals surface area contributed by atoms with E-state index in [2.05, 4.69) is 13.0 Å². The second kappa shape index (κ2) is 3.64. The third kappa shape index (κ3) is 2.12. The fraction of sp³-hybridized carbons (Fsp3) is 0.833. The molecule has 12 heavy (non-hydrogen) atoms. The molecule has 0 aliphatic heterocycles. The van der Waals surface area contributed by atoms with E-state index in [0.29, 0.717) is 0 Å². The lowest BCUT2D eigenvalue weighted by Crippen LogP contribution is -1.88. The van der Waals surface area contributed by atoms with Gasteiger partial charge in [-0.25, -0.2) is 0 Å². The van der Waals surface area contributed by atoms with Crippen molar-refractivity contribution >= 4 is 0 Å². The Balaban J connectivity index is 1.82. The van der Waals surface area contributed by atoms with Gasteiger partial charge < -0.3 is 0 Å². The zero-order valence-corrected chi connectivity index (χ0v) is 8.18. The third-order valence-corrected chi connectivity index (χ3v) is 3.04. The van der Waals surface area contributed by atoms with E-state index in [1.807, 2.05) is 5.57 Å². The molecular weight excluding hydrogens is 144 g/mol. The highest BCUT2D eigenvalue weighted by molar-refractivity contribution is 5.20. The van der Waals surface area contributed by atoms with Crippen molar-refractivity contribution in [1.29, 1.82) is 0 Å². The molecule has 0 bridgehead atoms. The summed E-state index contributed by atoms with van der Waals surface area (Å²) in [6, 6.07) is 0. The molecule has 68 valence electrons. The van der Waals surface area contributed by atoms with Gasteiger partial charge in [0.15, 0.2) is 0 Å². The summed E-state index contributed by atoms with van der Waals surface area (Å²) in [7, 11) is 0. The highest BCUT2D eigenvalue weighted by Gasteiger charge is 2.35. The number of allylic oxidation sites excluding steroid dienone is 2. The Hall–Kier alpha value is -0.260.